The molecule has 80 valence electrons. The van der Waals surface area contributed by atoms with Crippen molar-refractivity contribution >= 4 is 0 Å². The molecular formula is C11H20N2O. The Kier molecular flexibility index (Phi) is 1.92. The van der Waals surface area contributed by atoms with Gasteiger partial charge < -0.3 is 10.5 Å². The Morgan fingerprint density at radius 1 is 1.21 bits per heavy atom. The zero-order chi connectivity index (χ0) is 9.65. The Balaban J connectivity index is 1.71. The minimum Gasteiger partial charge on any atom is -0.379 e. The van der Waals surface area contributed by atoms with Crippen molar-refractivity contribution in [2.75, 3.05) is 26.3 Å². The maximum atomic E-state index is 6.19. The van der Waals surface area contributed by atoms with Gasteiger partial charge in [-0.15, -0.1) is 0 Å². The standard InChI is InChI=1S/C11H20N2O/c12-10(3-4-10)8-13-6-1-2-11(13)5-7-14-9-11/h1-9,12H2. The van der Waals surface area contributed by atoms with Gasteiger partial charge in [0.1, 0.15) is 0 Å². The van der Waals surface area contributed by atoms with E-state index in [0.29, 0.717) is 5.54 Å². The molecule has 3 rings (SSSR count). The number of hydrogen-bond acceptors (Lipinski definition) is 3. The van der Waals surface area contributed by atoms with Gasteiger partial charge >= 0.3 is 0 Å². The summed E-state index contributed by atoms with van der Waals surface area (Å²) in [5, 5.41) is 0. The van der Waals surface area contributed by atoms with Crippen LogP contribution in [0, 0.1) is 0 Å². The predicted molar refractivity (Wildman–Crippen MR) is 55.1 cm³/mol. The Morgan fingerprint density at radius 3 is 2.71 bits per heavy atom. The summed E-state index contributed by atoms with van der Waals surface area (Å²) < 4.78 is 5.56. The molecule has 2 N–H and O–H groups in total. The van der Waals surface area contributed by atoms with Gasteiger partial charge in [0.05, 0.1) is 6.61 Å². The van der Waals surface area contributed by atoms with E-state index in [9.17, 15) is 0 Å². The monoisotopic (exact) mass is 196 g/mol. The quantitative estimate of drug-likeness (QED) is 0.707. The fraction of sp³-hybridized carbons (Fsp3) is 1.00. The SMILES string of the molecule is NC1(CN2CCCC23CCOC3)CC1. The Bertz CT molecular complexity index is 226. The summed E-state index contributed by atoms with van der Waals surface area (Å²) in [7, 11) is 0. The highest BCUT2D eigenvalue weighted by atomic mass is 16.5. The molecule has 1 unspecified atom stereocenters. The highest BCUT2D eigenvalue weighted by Crippen LogP contribution is 2.41. The zero-order valence-corrected chi connectivity index (χ0v) is 8.80. The molecule has 1 aliphatic carbocycles. The van der Waals surface area contributed by atoms with E-state index in [4.69, 9.17) is 10.5 Å². The first-order valence-corrected chi connectivity index (χ1v) is 5.84. The van der Waals surface area contributed by atoms with Crippen LogP contribution in [0.15, 0.2) is 0 Å². The van der Waals surface area contributed by atoms with Crippen LogP contribution in [0.3, 0.4) is 0 Å². The normalized spacial score (nSPS) is 40.9. The van der Waals surface area contributed by atoms with Crippen molar-refractivity contribution < 1.29 is 4.74 Å². The molecule has 2 aliphatic heterocycles. The molecule has 0 bridgehead atoms. The minimum atomic E-state index is 0.167. The van der Waals surface area contributed by atoms with Gasteiger partial charge in [-0.25, -0.2) is 0 Å². The Hall–Kier alpha value is -0.120. The van der Waals surface area contributed by atoms with E-state index >= 15 is 0 Å². The van der Waals surface area contributed by atoms with Gasteiger partial charge in [-0.05, 0) is 38.6 Å². The van der Waals surface area contributed by atoms with Crippen molar-refractivity contribution in [1.29, 1.82) is 0 Å². The van der Waals surface area contributed by atoms with Crippen molar-refractivity contribution in [3.8, 4) is 0 Å². The largest absolute Gasteiger partial charge is 0.379 e. The summed E-state index contributed by atoms with van der Waals surface area (Å²) in [6.07, 6.45) is 6.33. The molecule has 0 amide bonds. The number of hydrogen-bond donors (Lipinski definition) is 1. The highest BCUT2D eigenvalue weighted by Gasteiger charge is 2.49. The molecule has 14 heavy (non-hydrogen) atoms. The molecule has 0 radical (unpaired) electrons. The highest BCUT2D eigenvalue weighted by molar-refractivity contribution is 5.07. The average molecular weight is 196 g/mol. The number of likely N-dealkylation sites (tertiary alicyclic amines) is 1. The first kappa shape index (κ1) is 9.13. The number of nitrogens with zero attached hydrogens (tertiary/aromatic N) is 1. The van der Waals surface area contributed by atoms with Gasteiger partial charge in [0.15, 0.2) is 0 Å². The van der Waals surface area contributed by atoms with Crippen LogP contribution in [-0.4, -0.2) is 42.3 Å². The molecule has 0 aromatic heterocycles. The average Bonchev–Trinajstić information content (AvgIpc) is 2.66. The van der Waals surface area contributed by atoms with E-state index in [1.165, 1.54) is 38.6 Å². The summed E-state index contributed by atoms with van der Waals surface area (Å²) in [5.41, 5.74) is 6.75. The van der Waals surface area contributed by atoms with Gasteiger partial charge in [0, 0.05) is 24.2 Å². The van der Waals surface area contributed by atoms with Gasteiger partial charge in [-0.1, -0.05) is 0 Å². The second-order valence-corrected chi connectivity index (χ2v) is 5.41. The van der Waals surface area contributed by atoms with E-state index < -0.39 is 0 Å². The first-order valence-electron chi connectivity index (χ1n) is 5.84. The van der Waals surface area contributed by atoms with Crippen LogP contribution in [0.1, 0.15) is 32.1 Å². The molecular weight excluding hydrogens is 176 g/mol. The van der Waals surface area contributed by atoms with Crippen LogP contribution >= 0.6 is 0 Å². The maximum absolute atomic E-state index is 6.19. The van der Waals surface area contributed by atoms with Crippen LogP contribution in [0.4, 0.5) is 0 Å². The first-order chi connectivity index (χ1) is 6.73. The molecule has 3 aliphatic rings. The van der Waals surface area contributed by atoms with Crippen molar-refractivity contribution in [2.45, 2.75) is 43.2 Å². The smallest absolute Gasteiger partial charge is 0.0651 e. The molecule has 3 heteroatoms. The van der Waals surface area contributed by atoms with Crippen molar-refractivity contribution in [3.63, 3.8) is 0 Å². The summed E-state index contributed by atoms with van der Waals surface area (Å²) in [6.45, 7) is 4.25. The summed E-state index contributed by atoms with van der Waals surface area (Å²) in [6, 6.07) is 0. The van der Waals surface area contributed by atoms with Gasteiger partial charge in [0.2, 0.25) is 0 Å². The maximum Gasteiger partial charge on any atom is 0.0651 e. The van der Waals surface area contributed by atoms with Gasteiger partial charge in [-0.3, -0.25) is 4.90 Å². The van der Waals surface area contributed by atoms with Crippen LogP contribution in [0.25, 0.3) is 0 Å². The summed E-state index contributed by atoms with van der Waals surface area (Å²) in [4.78, 5) is 2.62. The van der Waals surface area contributed by atoms with Crippen molar-refractivity contribution in [1.82, 2.24) is 4.90 Å². The van der Waals surface area contributed by atoms with E-state index in [0.717, 1.165) is 19.8 Å². The third-order valence-electron chi connectivity index (χ3n) is 4.22. The molecule has 1 atom stereocenters. The van der Waals surface area contributed by atoms with Gasteiger partial charge in [0.25, 0.3) is 0 Å². The molecule has 1 spiro atoms. The molecule has 1 saturated carbocycles. The third-order valence-corrected chi connectivity index (χ3v) is 4.22. The van der Waals surface area contributed by atoms with Crippen LogP contribution in [-0.2, 0) is 4.74 Å². The van der Waals surface area contributed by atoms with Crippen LogP contribution < -0.4 is 5.73 Å². The molecule has 0 aromatic rings. The molecule has 3 nitrogen and oxygen atoms in total. The number of rotatable bonds is 2. The lowest BCUT2D eigenvalue weighted by Gasteiger charge is -2.35. The topological polar surface area (TPSA) is 38.5 Å². The fourth-order valence-corrected chi connectivity index (χ4v) is 2.98. The van der Waals surface area contributed by atoms with E-state index in [-0.39, 0.29) is 5.54 Å². The second kappa shape index (κ2) is 2.94. The number of ether oxygens (including phenoxy) is 1. The Morgan fingerprint density at radius 2 is 2.07 bits per heavy atom. The Labute approximate surface area is 85.6 Å². The third kappa shape index (κ3) is 1.38. The van der Waals surface area contributed by atoms with Crippen molar-refractivity contribution in [3.05, 3.63) is 0 Å². The molecule has 3 fully saturated rings. The van der Waals surface area contributed by atoms with Gasteiger partial charge in [-0.2, -0.15) is 0 Å². The lowest BCUT2D eigenvalue weighted by Crippen LogP contribution is -2.50. The van der Waals surface area contributed by atoms with Crippen molar-refractivity contribution in [2.24, 2.45) is 5.73 Å². The van der Waals surface area contributed by atoms with Crippen LogP contribution in [0.5, 0.6) is 0 Å². The predicted octanol–water partition coefficient (Wildman–Crippen LogP) is 0.733. The minimum absolute atomic E-state index is 0.167. The second-order valence-electron chi connectivity index (χ2n) is 5.41. The van der Waals surface area contributed by atoms with E-state index in [2.05, 4.69) is 4.90 Å². The lowest BCUT2D eigenvalue weighted by atomic mass is 9.95. The molecule has 0 aromatic carbocycles. The van der Waals surface area contributed by atoms with E-state index in [1.54, 1.807) is 0 Å². The molecule has 2 heterocycles. The molecule has 2 saturated heterocycles. The van der Waals surface area contributed by atoms with E-state index in [1.807, 2.05) is 0 Å². The fourth-order valence-electron chi connectivity index (χ4n) is 2.98. The zero-order valence-electron chi connectivity index (χ0n) is 8.80. The summed E-state index contributed by atoms with van der Waals surface area (Å²) in [5.74, 6) is 0. The number of nitrogens with two attached hydrogens (primary N) is 1. The van der Waals surface area contributed by atoms with Crippen LogP contribution in [0.2, 0.25) is 0 Å². The summed E-state index contributed by atoms with van der Waals surface area (Å²) >= 11 is 0. The lowest BCUT2D eigenvalue weighted by molar-refractivity contribution is 0.0944.